The first-order chi connectivity index (χ1) is 66.8. The number of fused-ring (bicyclic) bond motifs is 21. The number of hydrogen-bond donors (Lipinski definition) is 0. The quantitative estimate of drug-likeness (QED) is 0.131. The number of aryl methyl sites for hydroxylation is 12. The van der Waals surface area contributed by atoms with E-state index < -0.39 is 0 Å². The van der Waals surface area contributed by atoms with Crippen LogP contribution >= 0.6 is 0 Å². The van der Waals surface area contributed by atoms with Gasteiger partial charge < -0.3 is 0 Å². The number of para-hydroxylation sites is 4. The fourth-order valence-electron chi connectivity index (χ4n) is 24.0. The van der Waals surface area contributed by atoms with Gasteiger partial charge in [0.25, 0.3) is 0 Å². The van der Waals surface area contributed by atoms with Gasteiger partial charge in [-0.1, -0.05) is 208 Å². The van der Waals surface area contributed by atoms with E-state index in [0.29, 0.717) is 0 Å². The Hall–Kier alpha value is -16.8. The number of rotatable bonds is 0. The van der Waals surface area contributed by atoms with E-state index in [9.17, 15) is 0 Å². The lowest BCUT2D eigenvalue weighted by Crippen LogP contribution is -2.26. The van der Waals surface area contributed by atoms with Crippen molar-refractivity contribution in [2.45, 2.75) is 103 Å². The second kappa shape index (κ2) is 29.1. The van der Waals surface area contributed by atoms with Crippen LogP contribution in [0.5, 0.6) is 0 Å². The summed E-state index contributed by atoms with van der Waals surface area (Å²) in [6, 6.07) is 79.5. The molecule has 0 atom stereocenters. The van der Waals surface area contributed by atoms with E-state index in [1.165, 1.54) is 215 Å². The lowest BCUT2D eigenvalue weighted by Gasteiger charge is -2.30. The van der Waals surface area contributed by atoms with Crippen LogP contribution in [0.3, 0.4) is 0 Å². The Morgan fingerprint density at radius 2 is 0.533 bits per heavy atom. The molecule has 0 amide bonds. The third-order valence-corrected chi connectivity index (χ3v) is 29.9. The van der Waals surface area contributed by atoms with E-state index in [-0.39, 0.29) is 5.41 Å². The van der Waals surface area contributed by atoms with Gasteiger partial charge in [0, 0.05) is 213 Å². The Bertz CT molecular complexity index is 8780. The van der Waals surface area contributed by atoms with Crippen LogP contribution in [0.2, 0.25) is 0 Å². The smallest absolute Gasteiger partial charge is 0.146 e. The van der Waals surface area contributed by atoms with Crippen LogP contribution in [0.1, 0.15) is 92.8 Å². The molecular weight excluding hydrogens is 1660 g/mol. The van der Waals surface area contributed by atoms with Crippen molar-refractivity contribution in [1.82, 2.24) is 90.6 Å². The average molecular weight is 1740 g/mol. The second-order valence-corrected chi connectivity index (χ2v) is 37.6. The lowest BCUT2D eigenvalue weighted by atomic mass is 9.80. The van der Waals surface area contributed by atoms with Crippen molar-refractivity contribution < 1.29 is 0 Å². The van der Waals surface area contributed by atoms with Gasteiger partial charge in [-0.25, -0.2) is 34.9 Å². The van der Waals surface area contributed by atoms with E-state index in [1.807, 2.05) is 86.6 Å². The number of hydrogen-bond acceptors (Lipinski definition) is 12. The normalized spacial score (nSPS) is 14.3. The third-order valence-electron chi connectivity index (χ3n) is 29.9. The summed E-state index contributed by atoms with van der Waals surface area (Å²) >= 11 is 0. The summed E-state index contributed by atoms with van der Waals surface area (Å²) in [4.78, 5) is 55.1. The minimum absolute atomic E-state index is 0.128. The summed E-state index contributed by atoms with van der Waals surface area (Å²) in [6.07, 6.45) is 41.6. The van der Waals surface area contributed by atoms with Crippen molar-refractivity contribution >= 4 is 192 Å². The fourth-order valence-corrected chi connectivity index (χ4v) is 24.0. The van der Waals surface area contributed by atoms with E-state index >= 15 is 0 Å². The van der Waals surface area contributed by atoms with Crippen molar-refractivity contribution in [1.29, 1.82) is 0 Å². The molecule has 0 saturated carbocycles. The predicted octanol–water partition coefficient (Wildman–Crippen LogP) is 23.9. The predicted molar refractivity (Wildman–Crippen MR) is 542 cm³/mol. The largest absolute Gasteiger partial charge is 0.296 e. The molecule has 642 valence electrons. The third kappa shape index (κ3) is 11.1. The monoisotopic (exact) mass is 1740 g/mol. The van der Waals surface area contributed by atoms with Crippen LogP contribution in [-0.2, 0) is 88.9 Å². The molecule has 19 heteroatoms. The van der Waals surface area contributed by atoms with Gasteiger partial charge in [-0.05, 0) is 169 Å². The minimum Gasteiger partial charge on any atom is -0.296 e. The van der Waals surface area contributed by atoms with Crippen LogP contribution in [0.25, 0.3) is 192 Å². The first kappa shape index (κ1) is 76.0. The Morgan fingerprint density at radius 3 is 1.07 bits per heavy atom. The zero-order valence-corrected chi connectivity index (χ0v) is 74.1. The maximum Gasteiger partial charge on any atom is 0.146 e. The molecule has 0 radical (unpaired) electrons. The molecule has 26 heterocycles. The maximum atomic E-state index is 4.76. The van der Waals surface area contributed by atoms with Crippen LogP contribution < -0.4 is 0 Å². The lowest BCUT2D eigenvalue weighted by molar-refractivity contribution is 0.494. The molecule has 0 unspecified atom stereocenters. The minimum atomic E-state index is 0.128. The fraction of sp³-hybridized carbons (Fsp3) is 0.138. The molecule has 0 aliphatic carbocycles. The summed E-state index contributed by atoms with van der Waals surface area (Å²) in [5.41, 5.74) is 37.7. The molecule has 135 heavy (non-hydrogen) atoms. The Labute approximate surface area is 770 Å². The SMILES string of the molecule is CC1(C)Cc2cccc3c4ccccc4c4ncc1n4c23.c1cc2c3c(c1)c1cnccc1c1ncc(n13)CC2.c1ccc2c(c1)c1cccc3c1n1c(cnc21)CC3.c1ccc2c(c1)c1ccnc3c1n1c(cnc21)CC3.c1ccc2c(c1)c1cncc3c1n1c(cnc21)CC3.c1ccc2c(c1)c1nccc3c1n1c(cnc21)CC3.c1cnc2c(c1)c1ncc3n1c1c(cccc21)CC3. The highest BCUT2D eigenvalue weighted by molar-refractivity contribution is 6.18. The van der Waals surface area contributed by atoms with Gasteiger partial charge in [0.15, 0.2) is 0 Å². The molecule has 9 aromatic carbocycles. The molecule has 0 bridgehead atoms. The van der Waals surface area contributed by atoms with E-state index in [4.69, 9.17) is 4.98 Å². The highest BCUT2D eigenvalue weighted by atomic mass is 15.1. The molecule has 0 fully saturated rings. The van der Waals surface area contributed by atoms with Crippen molar-refractivity contribution in [2.24, 2.45) is 0 Å². The highest BCUT2D eigenvalue weighted by Crippen LogP contribution is 2.45. The van der Waals surface area contributed by atoms with Gasteiger partial charge in [0.2, 0.25) is 0 Å². The molecule has 7 aliphatic heterocycles. The topological polar surface area (TPSA) is 186 Å². The molecule has 7 aliphatic rings. The van der Waals surface area contributed by atoms with Crippen LogP contribution in [0, 0.1) is 0 Å². The molecule has 35 rings (SSSR count). The Morgan fingerprint density at radius 1 is 0.193 bits per heavy atom. The summed E-state index contributed by atoms with van der Waals surface area (Å²) in [5, 5.41) is 23.7. The second-order valence-electron chi connectivity index (χ2n) is 37.6. The first-order valence-corrected chi connectivity index (χ1v) is 47.1. The number of aromatic nitrogens is 19. The molecule has 19 aromatic heterocycles. The van der Waals surface area contributed by atoms with Crippen molar-refractivity contribution in [3.05, 3.63) is 390 Å². The summed E-state index contributed by atoms with van der Waals surface area (Å²) < 4.78 is 16.3. The van der Waals surface area contributed by atoms with Gasteiger partial charge in [0.1, 0.15) is 39.5 Å². The molecule has 28 aromatic rings. The zero-order chi connectivity index (χ0) is 88.6. The van der Waals surface area contributed by atoms with Gasteiger partial charge in [-0.3, -0.25) is 55.7 Å². The van der Waals surface area contributed by atoms with E-state index in [1.54, 1.807) is 0 Å². The molecule has 0 saturated heterocycles. The number of nitrogens with zero attached hydrogens (tertiary/aromatic N) is 19. The average Bonchev–Trinajstić information content (AvgIpc) is 1.60. The van der Waals surface area contributed by atoms with Crippen LogP contribution in [0.4, 0.5) is 0 Å². The van der Waals surface area contributed by atoms with Crippen molar-refractivity contribution in [3.8, 4) is 0 Å². The summed E-state index contributed by atoms with van der Waals surface area (Å²) in [6.45, 7) is 4.63. The number of benzene rings is 9. The molecule has 0 N–H and O–H groups in total. The Kier molecular flexibility index (Phi) is 16.4. The van der Waals surface area contributed by atoms with Gasteiger partial charge in [0.05, 0.1) is 55.3 Å². The number of imidazole rings is 7. The van der Waals surface area contributed by atoms with Crippen LogP contribution in [0.15, 0.2) is 311 Å². The summed E-state index contributed by atoms with van der Waals surface area (Å²) in [5.74, 6) is 0. The number of pyridine rings is 12. The Balaban J connectivity index is 0.0000000766. The maximum absolute atomic E-state index is 4.76. The standard InChI is InChI=1S/C19H16N2.C17H12N2.5C16H11N3/c1-19(2)10-12-6-5-9-14-13-7-3-4-8-15(13)18-20-11-16(19)21(18)17(12)14;1-2-6-15-13(5-1)14-7-3-4-11-8-9-12-10-18-17(15)19(12)16(11)14;1-3-10-6-7-11-9-18-16-13-5-2-8-17-14(13)12(4-1)15(10)19(11)16;1-2-10-4-5-11-8-18-16-13-6-7-17-9-14(13)12(3-1)15(10)19(11)16;1-2-4-13-12(3-1)14-9-17-7-10-5-6-11-8-18-16(13)19(11)15(10)14;1-2-4-13-11(3-1)12-7-8-17-14-6-5-10-9-18-16(13)19(10)15(12)14;1-2-4-13-12(3-1)14-15-10(7-8-17-14)5-6-11-9-18-16(13)19(11)15/h3-9,11H,10H2,1-2H3;1-7,10H,8-9H2;1-5,8-9H,6-7H2;1-3,6-9H,4-5H2;3*1-4,7-9H,5-6H2. The molecule has 19 nitrogen and oxygen atoms in total. The zero-order valence-electron chi connectivity index (χ0n) is 74.1. The van der Waals surface area contributed by atoms with Crippen molar-refractivity contribution in [3.63, 3.8) is 0 Å². The van der Waals surface area contributed by atoms with Crippen LogP contribution in [-0.4, -0.2) is 90.6 Å². The first-order valence-electron chi connectivity index (χ1n) is 47.1. The molecule has 0 spiro atoms. The van der Waals surface area contributed by atoms with Gasteiger partial charge in [-0.2, -0.15) is 0 Å². The van der Waals surface area contributed by atoms with Crippen molar-refractivity contribution in [2.75, 3.05) is 0 Å². The van der Waals surface area contributed by atoms with E-state index in [2.05, 4.69) is 324 Å². The van der Waals surface area contributed by atoms with E-state index in [0.717, 1.165) is 139 Å². The highest BCUT2D eigenvalue weighted by Gasteiger charge is 2.33. The van der Waals surface area contributed by atoms with Gasteiger partial charge in [-0.15, -0.1) is 0 Å². The summed E-state index contributed by atoms with van der Waals surface area (Å²) in [7, 11) is 0. The molecular formula is C116H83N19. The van der Waals surface area contributed by atoms with Gasteiger partial charge >= 0.3 is 0 Å².